The number of rotatable bonds is 1. The van der Waals surface area contributed by atoms with Gasteiger partial charge in [-0.05, 0) is 0 Å². The molecule has 2 aromatic heterocycles. The minimum Gasteiger partial charge on any atom is -0.300 e. The van der Waals surface area contributed by atoms with E-state index in [-0.39, 0.29) is 15.8 Å². The SMILES string of the molecule is O=Nn1c(=O)[nH]c2[nH]c(=O)[nH]c2c1=O. The van der Waals surface area contributed by atoms with Crippen LogP contribution in [0.15, 0.2) is 19.7 Å². The number of hydrogen-bond donors (Lipinski definition) is 3. The summed E-state index contributed by atoms with van der Waals surface area (Å²) in [5.74, 6) is 0. The lowest BCUT2D eigenvalue weighted by Gasteiger charge is -1.90. The zero-order chi connectivity index (χ0) is 10.3. The topological polar surface area (TPSA) is 133 Å². The Balaban J connectivity index is 3.15. The number of H-pyrrole nitrogens is 3. The first-order valence-corrected chi connectivity index (χ1v) is 3.44. The number of nitrogens with one attached hydrogen (secondary N) is 3. The summed E-state index contributed by atoms with van der Waals surface area (Å²) < 4.78 is 0.0755. The second-order valence-electron chi connectivity index (χ2n) is 2.46. The van der Waals surface area contributed by atoms with Gasteiger partial charge in [-0.3, -0.25) is 19.7 Å². The number of aromatic nitrogens is 4. The van der Waals surface area contributed by atoms with Gasteiger partial charge in [0.15, 0.2) is 5.52 Å². The monoisotopic (exact) mass is 197 g/mol. The standard InChI is InChI=1S/C5H3N5O4/c11-3-1-2(7-4(12)6-1)8-5(13)10(3)9-14/h(H,8,13)(H2,6,7,12). The van der Waals surface area contributed by atoms with Crippen LogP contribution in [0.5, 0.6) is 0 Å². The molecule has 0 bridgehead atoms. The first-order chi connectivity index (χ1) is 6.63. The second kappa shape index (κ2) is 2.52. The van der Waals surface area contributed by atoms with Crippen LogP contribution in [0.25, 0.3) is 11.2 Å². The zero-order valence-corrected chi connectivity index (χ0v) is 6.53. The Kier molecular flexibility index (Phi) is 1.47. The molecule has 0 aliphatic heterocycles. The maximum absolute atomic E-state index is 11.3. The smallest absolute Gasteiger partial charge is 0.300 e. The summed E-state index contributed by atoms with van der Waals surface area (Å²) in [7, 11) is 0. The minimum atomic E-state index is -1.01. The van der Waals surface area contributed by atoms with E-state index < -0.39 is 16.9 Å². The van der Waals surface area contributed by atoms with Crippen molar-refractivity contribution in [3.63, 3.8) is 0 Å². The fourth-order valence-electron chi connectivity index (χ4n) is 1.07. The first-order valence-electron chi connectivity index (χ1n) is 3.44. The number of imidazole rings is 1. The first kappa shape index (κ1) is 8.16. The maximum Gasteiger partial charge on any atom is 0.353 e. The van der Waals surface area contributed by atoms with Gasteiger partial charge in [-0.2, -0.15) is 0 Å². The maximum atomic E-state index is 11.3. The second-order valence-corrected chi connectivity index (χ2v) is 2.46. The summed E-state index contributed by atoms with van der Waals surface area (Å²) in [4.78, 5) is 49.5. The van der Waals surface area contributed by atoms with Gasteiger partial charge in [0.2, 0.25) is 0 Å². The zero-order valence-electron chi connectivity index (χ0n) is 6.53. The summed E-state index contributed by atoms with van der Waals surface area (Å²) >= 11 is 0. The molecule has 2 heterocycles. The van der Waals surface area contributed by atoms with E-state index in [1.165, 1.54) is 0 Å². The van der Waals surface area contributed by atoms with E-state index in [0.717, 1.165) is 0 Å². The van der Waals surface area contributed by atoms with Crippen LogP contribution in [0.1, 0.15) is 0 Å². The van der Waals surface area contributed by atoms with Crippen LogP contribution in [0.3, 0.4) is 0 Å². The highest BCUT2D eigenvalue weighted by atomic mass is 16.3. The predicted octanol–water partition coefficient (Wildman–Crippen LogP) is -1.76. The number of nitroso groups, excluding NO2 is 1. The van der Waals surface area contributed by atoms with Crippen molar-refractivity contribution < 1.29 is 0 Å². The average Bonchev–Trinajstić information content (AvgIpc) is 2.47. The molecule has 0 fully saturated rings. The number of hydrogen-bond acceptors (Lipinski definition) is 5. The van der Waals surface area contributed by atoms with Crippen molar-refractivity contribution in [1.82, 2.24) is 19.6 Å². The van der Waals surface area contributed by atoms with Crippen molar-refractivity contribution in [2.24, 2.45) is 5.29 Å². The molecule has 3 N–H and O–H groups in total. The Hall–Kier alpha value is -2.45. The highest BCUT2D eigenvalue weighted by molar-refractivity contribution is 5.67. The predicted molar refractivity (Wildman–Crippen MR) is 45.0 cm³/mol. The normalized spacial score (nSPS) is 10.6. The largest absolute Gasteiger partial charge is 0.353 e. The van der Waals surface area contributed by atoms with Crippen LogP contribution in [-0.2, 0) is 0 Å². The minimum absolute atomic E-state index is 0.0649. The molecule has 9 nitrogen and oxygen atoms in total. The van der Waals surface area contributed by atoms with Gasteiger partial charge in [-0.1, -0.05) is 0 Å². The molecule has 0 aliphatic carbocycles. The van der Waals surface area contributed by atoms with Crippen LogP contribution >= 0.6 is 0 Å². The van der Waals surface area contributed by atoms with Gasteiger partial charge in [-0.15, -0.1) is 9.58 Å². The van der Waals surface area contributed by atoms with E-state index in [2.05, 4.69) is 20.2 Å². The van der Waals surface area contributed by atoms with Gasteiger partial charge in [-0.25, -0.2) is 9.59 Å². The van der Waals surface area contributed by atoms with Gasteiger partial charge >= 0.3 is 16.9 Å². The quantitative estimate of drug-likeness (QED) is 0.466. The molecule has 2 rings (SSSR count). The van der Waals surface area contributed by atoms with Crippen molar-refractivity contribution in [3.8, 4) is 0 Å². The summed E-state index contributed by atoms with van der Waals surface area (Å²) in [6.07, 6.45) is 0. The van der Waals surface area contributed by atoms with E-state index in [4.69, 9.17) is 0 Å². The van der Waals surface area contributed by atoms with Crippen LogP contribution in [-0.4, -0.2) is 19.6 Å². The molecule has 0 aromatic carbocycles. The Morgan fingerprint density at radius 1 is 1.07 bits per heavy atom. The van der Waals surface area contributed by atoms with Crippen LogP contribution in [0.2, 0.25) is 0 Å². The van der Waals surface area contributed by atoms with Gasteiger partial charge in [0, 0.05) is 0 Å². The van der Waals surface area contributed by atoms with Gasteiger partial charge in [0.25, 0.3) is 0 Å². The van der Waals surface area contributed by atoms with Crippen molar-refractivity contribution >= 4 is 11.2 Å². The molecule has 0 amide bonds. The van der Waals surface area contributed by atoms with Crippen molar-refractivity contribution in [2.75, 3.05) is 0 Å². The molecule has 0 atom stereocenters. The van der Waals surface area contributed by atoms with E-state index >= 15 is 0 Å². The molecular formula is C5H3N5O4. The number of nitrogens with zero attached hydrogens (tertiary/aromatic N) is 2. The van der Waals surface area contributed by atoms with Crippen molar-refractivity contribution in [1.29, 1.82) is 0 Å². The van der Waals surface area contributed by atoms with Crippen LogP contribution < -0.4 is 16.9 Å². The van der Waals surface area contributed by atoms with E-state index in [0.29, 0.717) is 0 Å². The third-order valence-corrected chi connectivity index (χ3v) is 1.64. The summed E-state index contributed by atoms with van der Waals surface area (Å²) in [5.41, 5.74) is -2.90. The van der Waals surface area contributed by atoms with Crippen molar-refractivity contribution in [3.05, 3.63) is 36.2 Å². The molecular weight excluding hydrogens is 194 g/mol. The van der Waals surface area contributed by atoms with Crippen LogP contribution in [0.4, 0.5) is 0 Å². The van der Waals surface area contributed by atoms with Crippen LogP contribution in [0, 0.1) is 4.91 Å². The lowest BCUT2D eigenvalue weighted by molar-refractivity contribution is 0.756. The molecule has 0 radical (unpaired) electrons. The Bertz CT molecular complexity index is 670. The Labute approximate surface area is 73.3 Å². The van der Waals surface area contributed by atoms with Gasteiger partial charge < -0.3 is 0 Å². The molecule has 0 saturated heterocycles. The van der Waals surface area contributed by atoms with Gasteiger partial charge in [0.05, 0.1) is 5.29 Å². The number of aromatic amines is 3. The third kappa shape index (κ3) is 0.920. The molecule has 14 heavy (non-hydrogen) atoms. The Morgan fingerprint density at radius 3 is 2.43 bits per heavy atom. The molecule has 2 aromatic rings. The lowest BCUT2D eigenvalue weighted by Crippen LogP contribution is -2.31. The fraction of sp³-hybridized carbons (Fsp3) is 0. The average molecular weight is 197 g/mol. The third-order valence-electron chi connectivity index (χ3n) is 1.64. The highest BCUT2D eigenvalue weighted by Gasteiger charge is 2.09. The molecule has 0 unspecified atom stereocenters. The number of fused-ring (bicyclic) bond motifs is 1. The fourth-order valence-corrected chi connectivity index (χ4v) is 1.07. The van der Waals surface area contributed by atoms with Gasteiger partial charge in [0.1, 0.15) is 5.65 Å². The van der Waals surface area contributed by atoms with E-state index in [9.17, 15) is 19.3 Å². The van der Waals surface area contributed by atoms with E-state index in [1.807, 2.05) is 0 Å². The Morgan fingerprint density at radius 2 is 1.79 bits per heavy atom. The van der Waals surface area contributed by atoms with E-state index in [1.54, 1.807) is 0 Å². The summed E-state index contributed by atoms with van der Waals surface area (Å²) in [6, 6.07) is 0. The molecule has 0 saturated carbocycles. The lowest BCUT2D eigenvalue weighted by atomic mass is 10.5. The molecule has 72 valence electrons. The molecule has 9 heteroatoms. The molecule has 0 spiro atoms. The highest BCUT2D eigenvalue weighted by Crippen LogP contribution is 1.91. The summed E-state index contributed by atoms with van der Waals surface area (Å²) in [6.45, 7) is 0. The van der Waals surface area contributed by atoms with Crippen molar-refractivity contribution in [2.45, 2.75) is 0 Å². The molecule has 0 aliphatic rings. The summed E-state index contributed by atoms with van der Waals surface area (Å²) in [5, 5.41) is 2.20.